The third kappa shape index (κ3) is 2.81. The number of aryl methyl sites for hydroxylation is 1. The summed E-state index contributed by atoms with van der Waals surface area (Å²) in [4.78, 5) is 4.17. The average Bonchev–Trinajstić information content (AvgIpc) is 2.13. The molecule has 1 heterocycles. The molecule has 0 aliphatic heterocycles. The van der Waals surface area contributed by atoms with Crippen molar-refractivity contribution < 1.29 is 0 Å². The number of anilines is 2. The van der Waals surface area contributed by atoms with Crippen LogP contribution in [0.1, 0.15) is 5.56 Å². The summed E-state index contributed by atoms with van der Waals surface area (Å²) in [5.41, 5.74) is 7.66. The van der Waals surface area contributed by atoms with Crippen molar-refractivity contribution in [3.05, 3.63) is 17.8 Å². The molecule has 0 fully saturated rings. The molecule has 13 heavy (non-hydrogen) atoms. The maximum absolute atomic E-state index is 5.83. The van der Waals surface area contributed by atoms with Crippen LogP contribution in [0.15, 0.2) is 12.3 Å². The Hall–Kier alpha value is -0.900. The Morgan fingerprint density at radius 2 is 2.38 bits per heavy atom. The number of rotatable bonds is 4. The van der Waals surface area contributed by atoms with E-state index in [1.807, 2.05) is 13.0 Å². The molecule has 3 N–H and O–H groups in total. The van der Waals surface area contributed by atoms with Crippen LogP contribution in [0.2, 0.25) is 0 Å². The molecule has 0 spiro atoms. The number of nitrogens with one attached hydrogen (secondary N) is 1. The monoisotopic (exact) mass is 197 g/mol. The van der Waals surface area contributed by atoms with E-state index in [9.17, 15) is 0 Å². The first kappa shape index (κ1) is 10.2. The third-order valence-corrected chi connectivity index (χ3v) is 2.42. The highest BCUT2D eigenvalue weighted by molar-refractivity contribution is 7.98. The van der Waals surface area contributed by atoms with E-state index in [4.69, 9.17) is 5.73 Å². The Bertz CT molecular complexity index is 276. The molecule has 0 bridgehead atoms. The number of nitrogen functional groups attached to an aromatic ring is 1. The predicted molar refractivity (Wildman–Crippen MR) is 60.3 cm³/mol. The SMILES string of the molecule is CSCCNc1nccc(C)c1N. The first-order valence-corrected chi connectivity index (χ1v) is 5.59. The molecule has 1 rings (SSSR count). The molecule has 0 saturated carbocycles. The predicted octanol–water partition coefficient (Wildman–Crippen LogP) is 1.75. The highest BCUT2D eigenvalue weighted by atomic mass is 32.2. The van der Waals surface area contributed by atoms with Crippen LogP contribution in [-0.4, -0.2) is 23.5 Å². The van der Waals surface area contributed by atoms with E-state index in [0.717, 1.165) is 29.4 Å². The fraction of sp³-hybridized carbons (Fsp3) is 0.444. The summed E-state index contributed by atoms with van der Waals surface area (Å²) in [6, 6.07) is 1.91. The molecule has 1 aromatic heterocycles. The molecule has 0 unspecified atom stereocenters. The number of nitrogens with two attached hydrogens (primary N) is 1. The number of pyridine rings is 1. The van der Waals surface area contributed by atoms with Crippen LogP contribution < -0.4 is 11.1 Å². The van der Waals surface area contributed by atoms with Gasteiger partial charge in [0.05, 0.1) is 5.69 Å². The zero-order valence-corrected chi connectivity index (χ0v) is 8.82. The molecule has 0 aliphatic carbocycles. The van der Waals surface area contributed by atoms with Gasteiger partial charge in [-0.3, -0.25) is 0 Å². The van der Waals surface area contributed by atoms with E-state index >= 15 is 0 Å². The van der Waals surface area contributed by atoms with Crippen molar-refractivity contribution in [1.29, 1.82) is 0 Å². The molecule has 3 nitrogen and oxygen atoms in total. The molecule has 0 radical (unpaired) electrons. The Balaban J connectivity index is 2.61. The van der Waals surface area contributed by atoms with Crippen molar-refractivity contribution in [3.8, 4) is 0 Å². The van der Waals surface area contributed by atoms with Gasteiger partial charge in [-0.2, -0.15) is 11.8 Å². The van der Waals surface area contributed by atoms with Gasteiger partial charge in [-0.1, -0.05) is 0 Å². The van der Waals surface area contributed by atoms with Crippen LogP contribution in [0, 0.1) is 6.92 Å². The lowest BCUT2D eigenvalue weighted by Gasteiger charge is -2.08. The Morgan fingerprint density at radius 3 is 3.08 bits per heavy atom. The van der Waals surface area contributed by atoms with E-state index in [2.05, 4.69) is 16.6 Å². The third-order valence-electron chi connectivity index (χ3n) is 1.81. The van der Waals surface area contributed by atoms with Crippen molar-refractivity contribution >= 4 is 23.3 Å². The molecule has 4 heteroatoms. The van der Waals surface area contributed by atoms with Gasteiger partial charge in [0.1, 0.15) is 5.82 Å². The average molecular weight is 197 g/mol. The van der Waals surface area contributed by atoms with Crippen LogP contribution in [0.25, 0.3) is 0 Å². The normalized spacial score (nSPS) is 10.0. The second-order valence-corrected chi connectivity index (χ2v) is 3.80. The van der Waals surface area contributed by atoms with Crippen LogP contribution in [-0.2, 0) is 0 Å². The van der Waals surface area contributed by atoms with Gasteiger partial charge >= 0.3 is 0 Å². The molecule has 1 aromatic rings. The number of thioether (sulfide) groups is 1. The molecule has 0 amide bonds. The van der Waals surface area contributed by atoms with E-state index in [1.54, 1.807) is 18.0 Å². The number of aromatic nitrogens is 1. The zero-order valence-electron chi connectivity index (χ0n) is 8.00. The lowest BCUT2D eigenvalue weighted by atomic mass is 10.2. The van der Waals surface area contributed by atoms with E-state index in [-0.39, 0.29) is 0 Å². The van der Waals surface area contributed by atoms with Crippen LogP contribution in [0.5, 0.6) is 0 Å². The van der Waals surface area contributed by atoms with Gasteiger partial charge in [0.25, 0.3) is 0 Å². The molecule has 0 atom stereocenters. The van der Waals surface area contributed by atoms with Gasteiger partial charge in [0.2, 0.25) is 0 Å². The minimum Gasteiger partial charge on any atom is -0.396 e. The zero-order chi connectivity index (χ0) is 9.68. The van der Waals surface area contributed by atoms with Gasteiger partial charge in [-0.25, -0.2) is 4.98 Å². The van der Waals surface area contributed by atoms with Gasteiger partial charge in [0.15, 0.2) is 0 Å². The molecular weight excluding hydrogens is 182 g/mol. The minimum atomic E-state index is 0.753. The molecule has 0 aromatic carbocycles. The Labute approximate surface area is 83.1 Å². The highest BCUT2D eigenvalue weighted by Gasteiger charge is 2.00. The van der Waals surface area contributed by atoms with Gasteiger partial charge < -0.3 is 11.1 Å². The summed E-state index contributed by atoms with van der Waals surface area (Å²) in [5, 5.41) is 3.20. The molecule has 72 valence electrons. The van der Waals surface area contributed by atoms with Crippen molar-refractivity contribution in [1.82, 2.24) is 4.98 Å². The lowest BCUT2D eigenvalue weighted by molar-refractivity contribution is 1.16. The topological polar surface area (TPSA) is 50.9 Å². The number of nitrogens with zero attached hydrogens (tertiary/aromatic N) is 1. The van der Waals surface area contributed by atoms with Gasteiger partial charge in [-0.15, -0.1) is 0 Å². The second kappa shape index (κ2) is 4.97. The maximum Gasteiger partial charge on any atom is 0.149 e. The quantitative estimate of drug-likeness (QED) is 0.722. The summed E-state index contributed by atoms with van der Waals surface area (Å²) in [7, 11) is 0. The largest absolute Gasteiger partial charge is 0.396 e. The fourth-order valence-corrected chi connectivity index (χ4v) is 1.29. The standard InChI is InChI=1S/C9H15N3S/c1-7-3-4-11-9(8(7)10)12-5-6-13-2/h3-4H,5-6,10H2,1-2H3,(H,11,12). The first-order chi connectivity index (χ1) is 6.25. The number of hydrogen-bond acceptors (Lipinski definition) is 4. The van der Waals surface area contributed by atoms with Gasteiger partial charge in [-0.05, 0) is 24.8 Å². The maximum atomic E-state index is 5.83. The molecule has 0 aliphatic rings. The van der Waals surface area contributed by atoms with E-state index < -0.39 is 0 Å². The minimum absolute atomic E-state index is 0.753. The van der Waals surface area contributed by atoms with Crippen LogP contribution in [0.4, 0.5) is 11.5 Å². The van der Waals surface area contributed by atoms with Crippen molar-refractivity contribution in [2.45, 2.75) is 6.92 Å². The summed E-state index contributed by atoms with van der Waals surface area (Å²) < 4.78 is 0. The Morgan fingerprint density at radius 1 is 1.62 bits per heavy atom. The van der Waals surface area contributed by atoms with E-state index in [1.165, 1.54) is 0 Å². The highest BCUT2D eigenvalue weighted by Crippen LogP contribution is 2.18. The number of hydrogen-bond donors (Lipinski definition) is 2. The van der Waals surface area contributed by atoms with Crippen molar-refractivity contribution in [2.75, 3.05) is 29.6 Å². The Kier molecular flexibility index (Phi) is 3.89. The first-order valence-electron chi connectivity index (χ1n) is 4.19. The van der Waals surface area contributed by atoms with Crippen LogP contribution >= 0.6 is 11.8 Å². The van der Waals surface area contributed by atoms with E-state index in [0.29, 0.717) is 0 Å². The fourth-order valence-electron chi connectivity index (χ4n) is 0.982. The molecule has 0 saturated heterocycles. The van der Waals surface area contributed by atoms with Crippen molar-refractivity contribution in [3.63, 3.8) is 0 Å². The summed E-state index contributed by atoms with van der Waals surface area (Å²) in [6.45, 7) is 2.89. The summed E-state index contributed by atoms with van der Waals surface area (Å²) >= 11 is 1.80. The molecular formula is C9H15N3S. The van der Waals surface area contributed by atoms with Gasteiger partial charge in [0, 0.05) is 18.5 Å². The summed E-state index contributed by atoms with van der Waals surface area (Å²) in [5.74, 6) is 1.86. The second-order valence-electron chi connectivity index (χ2n) is 2.81. The summed E-state index contributed by atoms with van der Waals surface area (Å²) in [6.07, 6.45) is 3.85. The van der Waals surface area contributed by atoms with Crippen LogP contribution in [0.3, 0.4) is 0 Å². The smallest absolute Gasteiger partial charge is 0.149 e. The lowest BCUT2D eigenvalue weighted by Crippen LogP contribution is -2.08. The van der Waals surface area contributed by atoms with Crippen molar-refractivity contribution in [2.24, 2.45) is 0 Å².